The molecule has 0 spiro atoms. The van der Waals surface area contributed by atoms with Gasteiger partial charge in [0.25, 0.3) is 0 Å². The van der Waals surface area contributed by atoms with Gasteiger partial charge in [-0.15, -0.1) is 0 Å². The van der Waals surface area contributed by atoms with Gasteiger partial charge in [-0.1, -0.05) is 80.6 Å². The number of carbonyl (C=O) groups excluding carboxylic acids is 3. The topological polar surface area (TPSA) is 128 Å². The Hall–Kier alpha value is -3.95. The zero-order chi connectivity index (χ0) is 31.1. The number of nitrogens with two attached hydrogens (primary N) is 2. The maximum atomic E-state index is 13.8. The third kappa shape index (κ3) is 7.39. The Morgan fingerprint density at radius 2 is 1.73 bits per heavy atom. The molecule has 2 atom stereocenters. The smallest absolute Gasteiger partial charge is 0.415 e. The Labute approximate surface area is 259 Å². The van der Waals surface area contributed by atoms with E-state index >= 15 is 0 Å². The van der Waals surface area contributed by atoms with E-state index < -0.39 is 18.2 Å². The van der Waals surface area contributed by atoms with Crippen molar-refractivity contribution >= 4 is 28.6 Å². The highest BCUT2D eigenvalue weighted by Crippen LogP contribution is 2.29. The first kappa shape index (κ1) is 31.5. The van der Waals surface area contributed by atoms with Crippen molar-refractivity contribution in [2.45, 2.75) is 70.0 Å². The van der Waals surface area contributed by atoms with Crippen LogP contribution in [-0.2, 0) is 22.6 Å². The molecule has 234 valence electrons. The van der Waals surface area contributed by atoms with Gasteiger partial charge < -0.3 is 30.7 Å². The fraction of sp³-hybridized carbons (Fsp3) is 0.457. The number of piperazine rings is 1. The molecule has 4 N–H and O–H groups in total. The first-order valence-electron chi connectivity index (χ1n) is 15.8. The molecule has 3 aromatic rings. The summed E-state index contributed by atoms with van der Waals surface area (Å²) in [6.45, 7) is 0.886. The van der Waals surface area contributed by atoms with Crippen LogP contribution in [0.3, 0.4) is 0 Å². The van der Waals surface area contributed by atoms with Crippen LogP contribution in [0, 0.1) is 5.92 Å². The van der Waals surface area contributed by atoms with Gasteiger partial charge in [-0.3, -0.25) is 9.59 Å². The van der Waals surface area contributed by atoms with Crippen molar-refractivity contribution in [3.05, 3.63) is 71.8 Å². The van der Waals surface area contributed by atoms with Gasteiger partial charge in [0.1, 0.15) is 17.5 Å². The summed E-state index contributed by atoms with van der Waals surface area (Å²) in [6.07, 6.45) is 6.48. The summed E-state index contributed by atoms with van der Waals surface area (Å²) in [4.78, 5) is 44.1. The number of amides is 2. The lowest BCUT2D eigenvalue weighted by atomic mass is 9.84. The Bertz CT molecular complexity index is 1470. The average molecular weight is 601 g/mol. The molecule has 0 radical (unpaired) electrons. The van der Waals surface area contributed by atoms with Crippen molar-refractivity contribution in [3.63, 3.8) is 0 Å². The molecule has 2 aliphatic rings. The standard InChI is InChI=1S/C35H44N4O5/c1-43-33-21-25(14-16-27(33)22-36)15-17-31(40)30-23-38(35(42)44-32-13-7-11-26-10-5-6-12-28(26)32)18-19-39(30)34(41)29(37)20-24-8-3-2-4-9-24/h5-7,10-14,16,21,24,29-30H,2-4,8-9,15,17-20,22-23,36-37H2,1H3/t29-,30+/m1/s1. The predicted octanol–water partition coefficient (Wildman–Crippen LogP) is 4.82. The molecule has 0 bridgehead atoms. The average Bonchev–Trinajstić information content (AvgIpc) is 3.07. The molecule has 9 nitrogen and oxygen atoms in total. The molecule has 1 aliphatic heterocycles. The van der Waals surface area contributed by atoms with E-state index in [1.807, 2.05) is 54.6 Å². The van der Waals surface area contributed by atoms with E-state index in [0.29, 0.717) is 36.8 Å². The van der Waals surface area contributed by atoms with E-state index in [1.165, 1.54) is 24.2 Å². The number of hydrogen-bond acceptors (Lipinski definition) is 7. The van der Waals surface area contributed by atoms with Crippen LogP contribution in [0.2, 0.25) is 0 Å². The molecule has 44 heavy (non-hydrogen) atoms. The van der Waals surface area contributed by atoms with Crippen molar-refractivity contribution in [2.75, 3.05) is 26.7 Å². The van der Waals surface area contributed by atoms with Crippen LogP contribution in [0.25, 0.3) is 10.8 Å². The fourth-order valence-electron chi connectivity index (χ4n) is 6.57. The molecular formula is C35H44N4O5. The molecule has 0 aromatic heterocycles. The second kappa shape index (κ2) is 14.7. The molecule has 1 saturated carbocycles. The van der Waals surface area contributed by atoms with Crippen molar-refractivity contribution in [3.8, 4) is 11.5 Å². The highest BCUT2D eigenvalue weighted by atomic mass is 16.6. The highest BCUT2D eigenvalue weighted by Gasteiger charge is 2.39. The molecule has 0 unspecified atom stereocenters. The zero-order valence-electron chi connectivity index (χ0n) is 25.6. The van der Waals surface area contributed by atoms with Crippen LogP contribution in [0.4, 0.5) is 4.79 Å². The molecule has 2 amide bonds. The van der Waals surface area contributed by atoms with Crippen LogP contribution >= 0.6 is 0 Å². The number of carbonyl (C=O) groups is 3. The van der Waals surface area contributed by atoms with E-state index in [9.17, 15) is 14.4 Å². The Kier molecular flexibility index (Phi) is 10.5. The van der Waals surface area contributed by atoms with Crippen LogP contribution in [0.1, 0.15) is 56.1 Å². The summed E-state index contributed by atoms with van der Waals surface area (Å²) in [6, 6.07) is 17.5. The van der Waals surface area contributed by atoms with Crippen molar-refractivity contribution in [1.82, 2.24) is 9.80 Å². The fourth-order valence-corrected chi connectivity index (χ4v) is 6.57. The minimum atomic E-state index is -0.807. The van der Waals surface area contributed by atoms with Crippen molar-refractivity contribution in [1.29, 1.82) is 0 Å². The highest BCUT2D eigenvalue weighted by molar-refractivity contribution is 5.93. The number of Topliss-reactive ketones (excluding diaryl/α,β-unsaturated/α-hetero) is 1. The number of rotatable bonds is 10. The number of ketones is 1. The number of hydrogen-bond donors (Lipinski definition) is 2. The van der Waals surface area contributed by atoms with E-state index in [4.69, 9.17) is 20.9 Å². The van der Waals surface area contributed by atoms with Gasteiger partial charge >= 0.3 is 6.09 Å². The summed E-state index contributed by atoms with van der Waals surface area (Å²) in [7, 11) is 1.59. The molecular weight excluding hydrogens is 556 g/mol. The van der Waals surface area contributed by atoms with Crippen LogP contribution < -0.4 is 20.9 Å². The number of methoxy groups -OCH3 is 1. The van der Waals surface area contributed by atoms with Gasteiger partial charge in [0, 0.05) is 37.0 Å². The summed E-state index contributed by atoms with van der Waals surface area (Å²) in [5, 5.41) is 1.79. The van der Waals surface area contributed by atoms with Crippen molar-refractivity contribution < 1.29 is 23.9 Å². The number of benzene rings is 3. The monoisotopic (exact) mass is 600 g/mol. The van der Waals surface area contributed by atoms with E-state index in [2.05, 4.69) is 0 Å². The van der Waals surface area contributed by atoms with Gasteiger partial charge in [0.05, 0.1) is 19.7 Å². The van der Waals surface area contributed by atoms with Crippen LogP contribution in [0.15, 0.2) is 60.7 Å². The third-order valence-electron chi connectivity index (χ3n) is 9.10. The lowest BCUT2D eigenvalue weighted by Gasteiger charge is -2.41. The number of ether oxygens (including phenoxy) is 2. The number of aryl methyl sites for hydroxylation is 1. The van der Waals surface area contributed by atoms with Gasteiger partial charge in [-0.25, -0.2) is 4.79 Å². The molecule has 1 heterocycles. The SMILES string of the molecule is COc1cc(CCC(=O)[C@@H]2CN(C(=O)Oc3cccc4ccccc34)CCN2C(=O)[C@H](N)CC2CCCCC2)ccc1CN. The first-order valence-corrected chi connectivity index (χ1v) is 15.8. The Balaban J connectivity index is 1.31. The second-order valence-corrected chi connectivity index (χ2v) is 12.0. The van der Waals surface area contributed by atoms with Crippen LogP contribution in [0.5, 0.6) is 11.5 Å². The minimum Gasteiger partial charge on any atom is -0.496 e. The van der Waals surface area contributed by atoms with E-state index in [0.717, 1.165) is 34.7 Å². The van der Waals surface area contributed by atoms with E-state index in [-0.39, 0.29) is 37.7 Å². The van der Waals surface area contributed by atoms with Gasteiger partial charge in [0.15, 0.2) is 5.78 Å². The quantitative estimate of drug-likeness (QED) is 0.342. The Morgan fingerprint density at radius 3 is 2.50 bits per heavy atom. The summed E-state index contributed by atoms with van der Waals surface area (Å²) in [5.41, 5.74) is 14.1. The number of fused-ring (bicyclic) bond motifs is 1. The first-order chi connectivity index (χ1) is 21.4. The predicted molar refractivity (Wildman–Crippen MR) is 170 cm³/mol. The lowest BCUT2D eigenvalue weighted by molar-refractivity contribution is -0.144. The largest absolute Gasteiger partial charge is 0.496 e. The third-order valence-corrected chi connectivity index (χ3v) is 9.10. The molecule has 1 aliphatic carbocycles. The number of nitrogens with zero attached hydrogens (tertiary/aromatic N) is 2. The van der Waals surface area contributed by atoms with Crippen LogP contribution in [-0.4, -0.2) is 66.4 Å². The lowest BCUT2D eigenvalue weighted by Crippen LogP contribution is -2.62. The second-order valence-electron chi connectivity index (χ2n) is 12.0. The van der Waals surface area contributed by atoms with Gasteiger partial charge in [-0.2, -0.15) is 0 Å². The molecule has 3 aromatic carbocycles. The Morgan fingerprint density at radius 1 is 0.955 bits per heavy atom. The minimum absolute atomic E-state index is 0.0553. The normalized spacial score (nSPS) is 18.2. The molecule has 5 rings (SSSR count). The van der Waals surface area contributed by atoms with Gasteiger partial charge in [0.2, 0.25) is 5.91 Å². The summed E-state index contributed by atoms with van der Waals surface area (Å²) >= 11 is 0. The zero-order valence-corrected chi connectivity index (χ0v) is 25.6. The molecule has 2 fully saturated rings. The molecule has 1 saturated heterocycles. The van der Waals surface area contributed by atoms with Crippen molar-refractivity contribution in [2.24, 2.45) is 17.4 Å². The molecule has 9 heteroatoms. The van der Waals surface area contributed by atoms with Gasteiger partial charge in [-0.05, 0) is 41.8 Å². The van der Waals surface area contributed by atoms with E-state index in [1.54, 1.807) is 18.1 Å². The summed E-state index contributed by atoms with van der Waals surface area (Å²) in [5.74, 6) is 1.24. The summed E-state index contributed by atoms with van der Waals surface area (Å²) < 4.78 is 11.3. The maximum absolute atomic E-state index is 13.8. The maximum Gasteiger partial charge on any atom is 0.415 e.